The van der Waals surface area contributed by atoms with Crippen molar-refractivity contribution in [2.45, 2.75) is 6.54 Å². The van der Waals surface area contributed by atoms with Crippen molar-refractivity contribution in [2.75, 3.05) is 0 Å². The largest absolute Gasteiger partial charge is 0.348 e. The number of H-pyrrole nitrogens is 1. The first-order valence-corrected chi connectivity index (χ1v) is 6.26. The van der Waals surface area contributed by atoms with Gasteiger partial charge in [0.15, 0.2) is 0 Å². The third-order valence-corrected chi connectivity index (χ3v) is 2.99. The molecule has 0 bridgehead atoms. The van der Waals surface area contributed by atoms with Crippen LogP contribution in [0.5, 0.6) is 0 Å². The smallest absolute Gasteiger partial charge is 0.253 e. The summed E-state index contributed by atoms with van der Waals surface area (Å²) < 4.78 is 14.2. The fraction of sp³-hybridized carbons (Fsp3) is 0.0769. The lowest BCUT2D eigenvalue weighted by Crippen LogP contribution is -2.24. The summed E-state index contributed by atoms with van der Waals surface area (Å²) in [4.78, 5) is 25.0. The van der Waals surface area contributed by atoms with Gasteiger partial charge >= 0.3 is 0 Å². The van der Waals surface area contributed by atoms with Gasteiger partial charge in [-0.2, -0.15) is 0 Å². The van der Waals surface area contributed by atoms with Crippen molar-refractivity contribution in [3.63, 3.8) is 0 Å². The molecule has 1 aromatic carbocycles. The number of rotatable bonds is 3. The number of benzene rings is 1. The van der Waals surface area contributed by atoms with Crippen LogP contribution in [-0.2, 0) is 6.54 Å². The highest BCUT2D eigenvalue weighted by atomic mass is 79.9. The van der Waals surface area contributed by atoms with Gasteiger partial charge in [0.05, 0.1) is 5.56 Å². The third kappa shape index (κ3) is 3.51. The molecule has 0 atom stereocenters. The molecule has 1 aromatic heterocycles. The van der Waals surface area contributed by atoms with Crippen molar-refractivity contribution in [2.24, 2.45) is 0 Å². The number of carbonyl (C=O) groups excluding carboxylic acids is 1. The van der Waals surface area contributed by atoms with Crippen LogP contribution in [0.25, 0.3) is 0 Å². The van der Waals surface area contributed by atoms with Crippen LogP contribution in [-0.4, -0.2) is 10.9 Å². The minimum atomic E-state index is -0.384. The van der Waals surface area contributed by atoms with Gasteiger partial charge in [0.2, 0.25) is 5.56 Å². The molecule has 0 aliphatic carbocycles. The van der Waals surface area contributed by atoms with Crippen LogP contribution in [0.3, 0.4) is 0 Å². The van der Waals surface area contributed by atoms with Gasteiger partial charge in [0.25, 0.3) is 5.91 Å². The molecule has 98 valence electrons. The van der Waals surface area contributed by atoms with Crippen molar-refractivity contribution < 1.29 is 9.18 Å². The summed E-state index contributed by atoms with van der Waals surface area (Å²) in [5.74, 6) is -0.763. The molecule has 0 unspecified atom stereocenters. The Morgan fingerprint density at radius 1 is 1.32 bits per heavy atom. The van der Waals surface area contributed by atoms with E-state index in [-0.39, 0.29) is 23.8 Å². The number of aromatic nitrogens is 1. The fourth-order valence-corrected chi connectivity index (χ4v) is 1.92. The van der Waals surface area contributed by atoms with Gasteiger partial charge in [-0.3, -0.25) is 9.59 Å². The summed E-state index contributed by atoms with van der Waals surface area (Å²) in [5, 5.41) is 2.58. The maximum absolute atomic E-state index is 13.5. The number of hydrogen-bond acceptors (Lipinski definition) is 2. The molecule has 0 aliphatic rings. The lowest BCUT2D eigenvalue weighted by atomic mass is 10.2. The molecule has 0 saturated heterocycles. The van der Waals surface area contributed by atoms with Gasteiger partial charge in [-0.1, -0.05) is 15.9 Å². The molecule has 0 spiro atoms. The molecule has 4 nitrogen and oxygen atoms in total. The topological polar surface area (TPSA) is 62.0 Å². The Morgan fingerprint density at radius 3 is 2.79 bits per heavy atom. The number of carbonyl (C=O) groups is 1. The Kier molecular flexibility index (Phi) is 4.11. The van der Waals surface area contributed by atoms with E-state index in [4.69, 9.17) is 0 Å². The summed E-state index contributed by atoms with van der Waals surface area (Å²) in [6.07, 6.45) is 1.31. The van der Waals surface area contributed by atoms with Gasteiger partial charge in [0.1, 0.15) is 5.82 Å². The third-order valence-electron chi connectivity index (χ3n) is 2.49. The molecule has 2 N–H and O–H groups in total. The highest BCUT2D eigenvalue weighted by Gasteiger charge is 2.07. The number of aromatic amines is 1. The molecule has 0 fully saturated rings. The lowest BCUT2D eigenvalue weighted by Gasteiger charge is -2.06. The van der Waals surface area contributed by atoms with Crippen LogP contribution in [0, 0.1) is 5.82 Å². The lowest BCUT2D eigenvalue weighted by molar-refractivity contribution is 0.0950. The number of halogens is 2. The normalized spacial score (nSPS) is 10.2. The monoisotopic (exact) mass is 324 g/mol. The van der Waals surface area contributed by atoms with Gasteiger partial charge in [-0.05, 0) is 24.3 Å². The quantitative estimate of drug-likeness (QED) is 0.909. The molecule has 19 heavy (non-hydrogen) atoms. The molecule has 2 rings (SSSR count). The van der Waals surface area contributed by atoms with Gasteiger partial charge in [0, 0.05) is 28.8 Å². The first-order chi connectivity index (χ1) is 9.06. The standard InChI is InChI=1S/C13H10BrFN2O2/c14-10-2-3-11(15)9(5-10)7-17-13(19)8-1-4-12(18)16-6-8/h1-6H,7H2,(H,16,18)(H,17,19). The van der Waals surface area contributed by atoms with E-state index >= 15 is 0 Å². The molecule has 0 aliphatic heterocycles. The zero-order valence-electron chi connectivity index (χ0n) is 9.74. The zero-order chi connectivity index (χ0) is 13.8. The summed E-state index contributed by atoms with van der Waals surface area (Å²) in [7, 11) is 0. The molecular weight excluding hydrogens is 315 g/mol. The van der Waals surface area contributed by atoms with E-state index in [1.807, 2.05) is 0 Å². The van der Waals surface area contributed by atoms with E-state index in [0.29, 0.717) is 11.1 Å². The Hall–Kier alpha value is -1.95. The Balaban J connectivity index is 2.06. The number of pyridine rings is 1. The average Bonchev–Trinajstić information content (AvgIpc) is 2.40. The van der Waals surface area contributed by atoms with E-state index in [0.717, 1.165) is 4.47 Å². The second-order valence-corrected chi connectivity index (χ2v) is 4.78. The summed E-state index contributed by atoms with van der Waals surface area (Å²) in [6, 6.07) is 7.18. The van der Waals surface area contributed by atoms with Gasteiger partial charge in [-0.15, -0.1) is 0 Å². The molecule has 0 saturated carbocycles. The highest BCUT2D eigenvalue weighted by Crippen LogP contribution is 2.15. The molecule has 6 heteroatoms. The molecule has 2 aromatic rings. The number of nitrogens with one attached hydrogen (secondary N) is 2. The first-order valence-electron chi connectivity index (χ1n) is 5.47. The second-order valence-electron chi connectivity index (χ2n) is 3.86. The maximum atomic E-state index is 13.5. The molecule has 1 heterocycles. The van der Waals surface area contributed by atoms with E-state index < -0.39 is 0 Å². The van der Waals surface area contributed by atoms with Crippen LogP contribution in [0.2, 0.25) is 0 Å². The predicted octanol–water partition coefficient (Wildman–Crippen LogP) is 2.21. The summed E-state index contributed by atoms with van der Waals surface area (Å²) in [6.45, 7) is 0.0727. The van der Waals surface area contributed by atoms with Crippen LogP contribution in [0.15, 0.2) is 45.8 Å². The zero-order valence-corrected chi connectivity index (χ0v) is 11.3. The Morgan fingerprint density at radius 2 is 2.11 bits per heavy atom. The molecule has 1 amide bonds. The minimum Gasteiger partial charge on any atom is -0.348 e. The summed E-state index contributed by atoms with van der Waals surface area (Å²) >= 11 is 3.24. The van der Waals surface area contributed by atoms with Gasteiger partial charge < -0.3 is 10.3 Å². The van der Waals surface area contributed by atoms with Crippen molar-refractivity contribution in [1.29, 1.82) is 0 Å². The average molecular weight is 325 g/mol. The fourth-order valence-electron chi connectivity index (χ4n) is 1.51. The molecular formula is C13H10BrFN2O2. The molecule has 0 radical (unpaired) electrons. The van der Waals surface area contributed by atoms with Crippen LogP contribution >= 0.6 is 15.9 Å². The van der Waals surface area contributed by atoms with Gasteiger partial charge in [-0.25, -0.2) is 4.39 Å². The van der Waals surface area contributed by atoms with E-state index in [2.05, 4.69) is 26.2 Å². The van der Waals surface area contributed by atoms with Crippen molar-refractivity contribution >= 4 is 21.8 Å². The van der Waals surface area contributed by atoms with Crippen molar-refractivity contribution in [3.05, 3.63) is 68.3 Å². The van der Waals surface area contributed by atoms with Crippen LogP contribution in [0.1, 0.15) is 15.9 Å². The van der Waals surface area contributed by atoms with Crippen LogP contribution < -0.4 is 10.9 Å². The first kappa shape index (κ1) is 13.5. The maximum Gasteiger partial charge on any atom is 0.253 e. The number of amides is 1. The van der Waals surface area contributed by atoms with E-state index in [9.17, 15) is 14.0 Å². The second kappa shape index (κ2) is 5.79. The highest BCUT2D eigenvalue weighted by molar-refractivity contribution is 9.10. The summed E-state index contributed by atoms with van der Waals surface area (Å²) in [5.41, 5.74) is 0.414. The SMILES string of the molecule is O=C(NCc1cc(Br)ccc1F)c1ccc(=O)[nH]c1. The minimum absolute atomic E-state index is 0.0727. The Labute approximate surface area is 116 Å². The van der Waals surface area contributed by atoms with E-state index in [1.54, 1.807) is 12.1 Å². The van der Waals surface area contributed by atoms with E-state index in [1.165, 1.54) is 24.4 Å². The van der Waals surface area contributed by atoms with Crippen LogP contribution in [0.4, 0.5) is 4.39 Å². The van der Waals surface area contributed by atoms with Crippen molar-refractivity contribution in [3.8, 4) is 0 Å². The Bertz CT molecular complexity index is 649. The van der Waals surface area contributed by atoms with Crippen molar-refractivity contribution in [1.82, 2.24) is 10.3 Å². The number of hydrogen-bond donors (Lipinski definition) is 2. The predicted molar refractivity (Wildman–Crippen MR) is 72.3 cm³/mol.